The quantitative estimate of drug-likeness (QED) is 0.667. The van der Waals surface area contributed by atoms with E-state index in [2.05, 4.69) is 17.9 Å². The molecule has 6 nitrogen and oxygen atoms in total. The van der Waals surface area contributed by atoms with Gasteiger partial charge in [-0.3, -0.25) is 0 Å². The number of piperidine rings is 1. The summed E-state index contributed by atoms with van der Waals surface area (Å²) in [5.74, 6) is 1.46. The van der Waals surface area contributed by atoms with Crippen LogP contribution >= 0.6 is 0 Å². The molecule has 0 aliphatic carbocycles. The average molecular weight is 431 g/mol. The molecule has 1 spiro atoms. The SMILES string of the molecule is CCCN1CCC2(CCN([S+](=O)([O-])c3cccc(OC)c3)CC2)Oc2ccccc21. The summed E-state index contributed by atoms with van der Waals surface area (Å²) in [6.45, 7) is 5.01. The van der Waals surface area contributed by atoms with Crippen molar-refractivity contribution < 1.29 is 18.2 Å². The van der Waals surface area contributed by atoms with Crippen molar-refractivity contribution in [1.29, 1.82) is 0 Å². The molecular formula is C23H30N2O4S. The van der Waals surface area contributed by atoms with Crippen LogP contribution in [0.15, 0.2) is 53.4 Å². The van der Waals surface area contributed by atoms with Crippen molar-refractivity contribution in [3.05, 3.63) is 48.5 Å². The first kappa shape index (κ1) is 21.2. The van der Waals surface area contributed by atoms with E-state index >= 15 is 0 Å². The van der Waals surface area contributed by atoms with Gasteiger partial charge < -0.3 is 18.9 Å². The fraction of sp³-hybridized carbons (Fsp3) is 0.478. The molecule has 4 rings (SSSR count). The lowest BCUT2D eigenvalue weighted by molar-refractivity contribution is 0.0167. The Morgan fingerprint density at radius 2 is 1.83 bits per heavy atom. The maximum atomic E-state index is 13.2. The second kappa shape index (κ2) is 8.57. The predicted molar refractivity (Wildman–Crippen MR) is 118 cm³/mol. The number of anilines is 1. The van der Waals surface area contributed by atoms with Crippen LogP contribution in [0.5, 0.6) is 11.5 Å². The van der Waals surface area contributed by atoms with E-state index in [0.717, 1.165) is 37.4 Å². The fourth-order valence-corrected chi connectivity index (χ4v) is 5.92. The molecule has 0 saturated carbocycles. The molecule has 0 bridgehead atoms. The molecule has 1 saturated heterocycles. The van der Waals surface area contributed by atoms with Gasteiger partial charge in [-0.15, -0.1) is 4.31 Å². The minimum absolute atomic E-state index is 0.277. The Morgan fingerprint density at radius 3 is 2.57 bits per heavy atom. The highest BCUT2D eigenvalue weighted by Crippen LogP contribution is 2.41. The monoisotopic (exact) mass is 430 g/mol. The number of nitrogens with zero attached hydrogens (tertiary/aromatic N) is 2. The van der Waals surface area contributed by atoms with Crippen LogP contribution in [-0.2, 0) is 14.6 Å². The summed E-state index contributed by atoms with van der Waals surface area (Å²) in [5, 5.41) is 0. The molecule has 0 N–H and O–H groups in total. The lowest BCUT2D eigenvalue weighted by Gasteiger charge is -2.41. The van der Waals surface area contributed by atoms with E-state index in [-0.39, 0.29) is 10.5 Å². The highest BCUT2D eigenvalue weighted by molar-refractivity contribution is 7.95. The summed E-state index contributed by atoms with van der Waals surface area (Å²) in [4.78, 5) is 2.67. The molecule has 7 heteroatoms. The summed E-state index contributed by atoms with van der Waals surface area (Å²) in [6, 6.07) is 14.9. The van der Waals surface area contributed by atoms with Crippen LogP contribution in [0.3, 0.4) is 0 Å². The van der Waals surface area contributed by atoms with Gasteiger partial charge >= 0.3 is 0 Å². The Bertz CT molecular complexity index is 927. The van der Waals surface area contributed by atoms with E-state index in [1.165, 1.54) is 0 Å². The van der Waals surface area contributed by atoms with Crippen LogP contribution in [0.25, 0.3) is 0 Å². The Hall–Kier alpha value is -2.09. The molecule has 2 heterocycles. The fourth-order valence-electron chi connectivity index (χ4n) is 4.45. The van der Waals surface area contributed by atoms with Crippen molar-refractivity contribution in [3.63, 3.8) is 0 Å². The van der Waals surface area contributed by atoms with Crippen LogP contribution < -0.4 is 14.4 Å². The van der Waals surface area contributed by atoms with Crippen LogP contribution in [0, 0.1) is 0 Å². The van der Waals surface area contributed by atoms with Crippen molar-refractivity contribution in [1.82, 2.24) is 4.31 Å². The van der Waals surface area contributed by atoms with Gasteiger partial charge in [0.05, 0.1) is 12.8 Å². The molecule has 1 unspecified atom stereocenters. The number of benzene rings is 2. The predicted octanol–water partition coefficient (Wildman–Crippen LogP) is 4.13. The summed E-state index contributed by atoms with van der Waals surface area (Å²) in [5.41, 5.74) is 0.821. The maximum Gasteiger partial charge on any atom is 0.179 e. The summed E-state index contributed by atoms with van der Waals surface area (Å²) >= 11 is 0. The van der Waals surface area contributed by atoms with E-state index in [1.807, 2.05) is 18.2 Å². The summed E-state index contributed by atoms with van der Waals surface area (Å²) < 4.78 is 39.7. The van der Waals surface area contributed by atoms with Crippen LogP contribution in [0.4, 0.5) is 5.69 Å². The van der Waals surface area contributed by atoms with Gasteiger partial charge in [0.25, 0.3) is 0 Å². The molecule has 1 atom stereocenters. The number of para-hydroxylation sites is 2. The van der Waals surface area contributed by atoms with Crippen LogP contribution in [0.2, 0.25) is 0 Å². The molecule has 2 aliphatic heterocycles. The topological polar surface area (TPSA) is 65.1 Å². The zero-order chi connectivity index (χ0) is 21.2. The zero-order valence-corrected chi connectivity index (χ0v) is 18.5. The third-order valence-electron chi connectivity index (χ3n) is 6.18. The highest BCUT2D eigenvalue weighted by Gasteiger charge is 2.44. The van der Waals surface area contributed by atoms with Gasteiger partial charge in [0.2, 0.25) is 0 Å². The normalized spacial score (nSPS) is 20.7. The summed E-state index contributed by atoms with van der Waals surface area (Å²) in [6.07, 6.45) is 3.34. The van der Waals surface area contributed by atoms with Gasteiger partial charge in [0, 0.05) is 51.5 Å². The second-order valence-electron chi connectivity index (χ2n) is 8.07. The number of fused-ring (bicyclic) bond motifs is 1. The standard InChI is InChI=1S/C23H30N2O4S/c1-3-14-24-15-11-23(29-22-10-5-4-9-21(22)24)12-16-25(17-13-23)30(26,27)20-8-6-7-19(18-20)28-2/h4-10,18H,3,11-17H2,1-2H3. The molecule has 30 heavy (non-hydrogen) atoms. The minimum atomic E-state index is -3.55. The number of hydrogen-bond acceptors (Lipinski definition) is 5. The first-order chi connectivity index (χ1) is 14.5. The zero-order valence-electron chi connectivity index (χ0n) is 17.7. The lowest BCUT2D eigenvalue weighted by atomic mass is 9.88. The van der Waals surface area contributed by atoms with Crippen molar-refractivity contribution in [2.75, 3.05) is 38.2 Å². The Kier molecular flexibility index (Phi) is 6.04. The molecule has 2 aliphatic rings. The van der Waals surface area contributed by atoms with Gasteiger partial charge in [-0.05, 0) is 30.7 Å². The maximum absolute atomic E-state index is 13.2. The van der Waals surface area contributed by atoms with E-state index in [0.29, 0.717) is 31.7 Å². The number of ether oxygens (including phenoxy) is 2. The third kappa shape index (κ3) is 4.06. The van der Waals surface area contributed by atoms with Gasteiger partial charge in [-0.2, -0.15) is 0 Å². The molecule has 162 valence electrons. The van der Waals surface area contributed by atoms with Crippen molar-refractivity contribution in [2.45, 2.75) is 43.1 Å². The minimum Gasteiger partial charge on any atom is -0.593 e. The Balaban J connectivity index is 1.51. The highest BCUT2D eigenvalue weighted by atomic mass is 32.3. The van der Waals surface area contributed by atoms with Crippen molar-refractivity contribution in [2.24, 2.45) is 0 Å². The van der Waals surface area contributed by atoms with E-state index < -0.39 is 10.4 Å². The van der Waals surface area contributed by atoms with Crippen molar-refractivity contribution >= 4 is 16.1 Å². The van der Waals surface area contributed by atoms with E-state index in [1.54, 1.807) is 35.7 Å². The number of rotatable bonds is 5. The van der Waals surface area contributed by atoms with Gasteiger partial charge in [-0.1, -0.05) is 29.3 Å². The molecule has 2 aromatic carbocycles. The second-order valence-corrected chi connectivity index (χ2v) is 10.0. The van der Waals surface area contributed by atoms with E-state index in [4.69, 9.17) is 9.47 Å². The van der Waals surface area contributed by atoms with Crippen LogP contribution in [-0.4, -0.2) is 47.7 Å². The molecule has 1 fully saturated rings. The smallest absolute Gasteiger partial charge is 0.179 e. The molecule has 2 aromatic rings. The molecule has 0 amide bonds. The number of methoxy groups -OCH3 is 1. The van der Waals surface area contributed by atoms with Crippen molar-refractivity contribution in [3.8, 4) is 11.5 Å². The molecular weight excluding hydrogens is 400 g/mol. The molecule has 0 radical (unpaired) electrons. The first-order valence-electron chi connectivity index (χ1n) is 10.6. The molecule has 0 aromatic heterocycles. The number of hydrogen-bond donors (Lipinski definition) is 0. The van der Waals surface area contributed by atoms with Gasteiger partial charge in [0.15, 0.2) is 15.3 Å². The third-order valence-corrected chi connectivity index (χ3v) is 8.07. The lowest BCUT2D eigenvalue weighted by Crippen LogP contribution is -2.51. The Labute approximate surface area is 180 Å². The van der Waals surface area contributed by atoms with E-state index in [9.17, 15) is 8.76 Å². The van der Waals surface area contributed by atoms with Gasteiger partial charge in [-0.25, -0.2) is 0 Å². The van der Waals surface area contributed by atoms with Crippen LogP contribution in [0.1, 0.15) is 32.6 Å². The average Bonchev–Trinajstić information content (AvgIpc) is 2.91. The summed E-state index contributed by atoms with van der Waals surface area (Å²) in [7, 11) is -2.01. The first-order valence-corrected chi connectivity index (χ1v) is 12.1. The van der Waals surface area contributed by atoms with Gasteiger partial charge in [0.1, 0.15) is 17.1 Å². The Morgan fingerprint density at radius 1 is 1.10 bits per heavy atom. The largest absolute Gasteiger partial charge is 0.593 e. The number of sulfonamides is 1.